The fourth-order valence-corrected chi connectivity index (χ4v) is 4.48. The van der Waals surface area contributed by atoms with Gasteiger partial charge in [-0.2, -0.15) is 8.42 Å². The molecule has 2 aromatic carbocycles. The number of fused-ring (bicyclic) bond motifs is 1. The fraction of sp³-hybridized carbons (Fsp3) is 0.286. The molecular formula is C14H15BrO5S2. The third kappa shape index (κ3) is 4.69. The average Bonchev–Trinajstić information content (AvgIpc) is 2.40. The van der Waals surface area contributed by atoms with Crippen molar-refractivity contribution in [2.24, 2.45) is 0 Å². The number of hydrogen-bond acceptors (Lipinski definition) is 5. The number of halogens is 1. The second-order valence-electron chi connectivity index (χ2n) is 4.93. The van der Waals surface area contributed by atoms with Gasteiger partial charge in [0.25, 0.3) is 0 Å². The Morgan fingerprint density at radius 1 is 1.00 bits per heavy atom. The molecule has 0 fully saturated rings. The van der Waals surface area contributed by atoms with E-state index < -0.39 is 20.0 Å². The van der Waals surface area contributed by atoms with E-state index >= 15 is 0 Å². The van der Waals surface area contributed by atoms with Crippen molar-refractivity contribution in [2.75, 3.05) is 17.8 Å². The molecule has 120 valence electrons. The van der Waals surface area contributed by atoms with Crippen molar-refractivity contribution in [1.82, 2.24) is 0 Å². The van der Waals surface area contributed by atoms with Crippen LogP contribution in [0.5, 0.6) is 5.75 Å². The van der Waals surface area contributed by atoms with Gasteiger partial charge in [-0.05, 0) is 39.2 Å². The van der Waals surface area contributed by atoms with E-state index in [1.807, 2.05) is 24.3 Å². The van der Waals surface area contributed by atoms with Crippen molar-refractivity contribution in [2.45, 2.75) is 6.42 Å². The Labute approximate surface area is 138 Å². The Morgan fingerprint density at radius 2 is 1.68 bits per heavy atom. The minimum atomic E-state index is -3.84. The molecule has 0 aliphatic rings. The maximum absolute atomic E-state index is 11.9. The molecule has 0 atom stereocenters. The molecule has 5 nitrogen and oxygen atoms in total. The van der Waals surface area contributed by atoms with Crippen LogP contribution in [-0.4, -0.2) is 34.6 Å². The van der Waals surface area contributed by atoms with Gasteiger partial charge in [-0.1, -0.05) is 30.3 Å². The lowest BCUT2D eigenvalue weighted by atomic mass is 10.1. The summed E-state index contributed by atoms with van der Waals surface area (Å²) < 4.78 is 51.6. The van der Waals surface area contributed by atoms with Gasteiger partial charge in [0.05, 0.1) is 16.0 Å². The molecule has 0 amide bonds. The zero-order valence-corrected chi connectivity index (χ0v) is 15.0. The molecule has 22 heavy (non-hydrogen) atoms. The van der Waals surface area contributed by atoms with E-state index in [1.165, 1.54) is 0 Å². The topological polar surface area (TPSA) is 77.5 Å². The highest BCUT2D eigenvalue weighted by Crippen LogP contribution is 2.33. The van der Waals surface area contributed by atoms with E-state index in [0.29, 0.717) is 4.47 Å². The van der Waals surface area contributed by atoms with Crippen LogP contribution >= 0.6 is 15.9 Å². The van der Waals surface area contributed by atoms with Crippen molar-refractivity contribution in [3.05, 3.63) is 40.9 Å². The van der Waals surface area contributed by atoms with Crippen molar-refractivity contribution in [3.8, 4) is 5.75 Å². The predicted octanol–water partition coefficient (Wildman–Crippen LogP) is 2.75. The zero-order chi connectivity index (χ0) is 16.4. The van der Waals surface area contributed by atoms with E-state index in [9.17, 15) is 16.8 Å². The van der Waals surface area contributed by atoms with Crippen molar-refractivity contribution in [3.63, 3.8) is 0 Å². The molecule has 0 bridgehead atoms. The first-order valence-corrected chi connectivity index (χ1v) is 10.9. The van der Waals surface area contributed by atoms with E-state index in [2.05, 4.69) is 15.9 Å². The summed E-state index contributed by atoms with van der Waals surface area (Å²) >= 11 is 3.35. The summed E-state index contributed by atoms with van der Waals surface area (Å²) in [7, 11) is -7.03. The van der Waals surface area contributed by atoms with E-state index in [1.54, 1.807) is 12.1 Å². The maximum atomic E-state index is 11.9. The van der Waals surface area contributed by atoms with Gasteiger partial charge in [-0.15, -0.1) is 0 Å². The van der Waals surface area contributed by atoms with Crippen LogP contribution in [-0.2, 0) is 20.0 Å². The van der Waals surface area contributed by atoms with Crippen LogP contribution in [0.1, 0.15) is 6.42 Å². The molecule has 2 aromatic rings. The van der Waals surface area contributed by atoms with Gasteiger partial charge >= 0.3 is 10.1 Å². The van der Waals surface area contributed by atoms with Gasteiger partial charge in [0, 0.05) is 6.26 Å². The van der Waals surface area contributed by atoms with Gasteiger partial charge in [0.1, 0.15) is 9.84 Å². The van der Waals surface area contributed by atoms with Gasteiger partial charge < -0.3 is 4.18 Å². The Kier molecular flexibility index (Phi) is 5.14. The zero-order valence-electron chi connectivity index (χ0n) is 11.8. The molecule has 0 saturated carbocycles. The highest BCUT2D eigenvalue weighted by Gasteiger charge is 2.17. The fourth-order valence-electron chi connectivity index (χ4n) is 1.95. The third-order valence-electron chi connectivity index (χ3n) is 2.95. The van der Waals surface area contributed by atoms with Gasteiger partial charge in [0.15, 0.2) is 5.75 Å². The molecule has 0 aliphatic heterocycles. The lowest BCUT2D eigenvalue weighted by Crippen LogP contribution is -2.17. The van der Waals surface area contributed by atoms with Gasteiger partial charge in [0.2, 0.25) is 0 Å². The van der Waals surface area contributed by atoms with Crippen LogP contribution in [0.3, 0.4) is 0 Å². The molecule has 0 heterocycles. The van der Waals surface area contributed by atoms with Crippen LogP contribution in [0, 0.1) is 0 Å². The summed E-state index contributed by atoms with van der Waals surface area (Å²) in [4.78, 5) is 0. The Bertz CT molecular complexity index is 889. The van der Waals surface area contributed by atoms with Crippen LogP contribution < -0.4 is 4.18 Å². The van der Waals surface area contributed by atoms with Crippen molar-refractivity contribution in [1.29, 1.82) is 0 Å². The Balaban J connectivity index is 2.17. The standard InChI is InChI=1S/C14H15BrO5S2/c1-21(16,17)9-4-10-22(18,19)20-13-8-7-11-5-2-3-6-12(11)14(13)15/h2-3,5-8H,4,9-10H2,1H3. The first-order chi connectivity index (χ1) is 10.2. The largest absolute Gasteiger partial charge is 0.381 e. The summed E-state index contributed by atoms with van der Waals surface area (Å²) in [6, 6.07) is 10.8. The Hall–Kier alpha value is -1.12. The summed E-state index contributed by atoms with van der Waals surface area (Å²) in [5, 5.41) is 1.79. The second kappa shape index (κ2) is 6.55. The van der Waals surface area contributed by atoms with E-state index in [-0.39, 0.29) is 23.7 Å². The minimum Gasteiger partial charge on any atom is -0.381 e. The van der Waals surface area contributed by atoms with E-state index in [0.717, 1.165) is 17.0 Å². The number of sulfone groups is 1. The first-order valence-electron chi connectivity index (χ1n) is 6.45. The lowest BCUT2D eigenvalue weighted by molar-refractivity contribution is 0.484. The molecule has 0 aliphatic carbocycles. The third-order valence-corrected chi connectivity index (χ3v) is 6.02. The molecule has 0 aromatic heterocycles. The van der Waals surface area contributed by atoms with Crippen LogP contribution in [0.25, 0.3) is 10.8 Å². The summed E-state index contributed by atoms with van der Waals surface area (Å²) in [5.74, 6) is -0.341. The monoisotopic (exact) mass is 406 g/mol. The molecule has 0 N–H and O–H groups in total. The van der Waals surface area contributed by atoms with Crippen LogP contribution in [0.4, 0.5) is 0 Å². The highest BCUT2D eigenvalue weighted by molar-refractivity contribution is 9.10. The SMILES string of the molecule is CS(=O)(=O)CCCS(=O)(=O)Oc1ccc2ccccc2c1Br. The van der Waals surface area contributed by atoms with Crippen molar-refractivity contribution < 1.29 is 21.0 Å². The summed E-state index contributed by atoms with van der Waals surface area (Å²) in [6.45, 7) is 0. The molecular weight excluding hydrogens is 392 g/mol. The second-order valence-corrected chi connectivity index (χ2v) is 9.67. The minimum absolute atomic E-state index is 0.00632. The predicted molar refractivity (Wildman–Crippen MR) is 90.4 cm³/mol. The smallest absolute Gasteiger partial charge is 0.309 e. The van der Waals surface area contributed by atoms with Crippen molar-refractivity contribution >= 4 is 46.7 Å². The molecule has 8 heteroatoms. The average molecular weight is 407 g/mol. The Morgan fingerprint density at radius 3 is 2.36 bits per heavy atom. The molecule has 0 spiro atoms. The number of benzene rings is 2. The molecule has 2 rings (SSSR count). The van der Waals surface area contributed by atoms with Crippen LogP contribution in [0.2, 0.25) is 0 Å². The van der Waals surface area contributed by atoms with Crippen LogP contribution in [0.15, 0.2) is 40.9 Å². The number of rotatable bonds is 6. The van der Waals surface area contributed by atoms with Gasteiger partial charge in [-0.3, -0.25) is 0 Å². The summed E-state index contributed by atoms with van der Waals surface area (Å²) in [5.41, 5.74) is 0. The summed E-state index contributed by atoms with van der Waals surface area (Å²) in [6.07, 6.45) is 1.08. The quantitative estimate of drug-likeness (QED) is 0.689. The number of hydrogen-bond donors (Lipinski definition) is 0. The van der Waals surface area contributed by atoms with E-state index in [4.69, 9.17) is 4.18 Å². The molecule has 0 saturated heterocycles. The maximum Gasteiger partial charge on any atom is 0.309 e. The normalized spacial score (nSPS) is 12.5. The first kappa shape index (κ1) is 17.2. The molecule has 0 radical (unpaired) electrons. The lowest BCUT2D eigenvalue weighted by Gasteiger charge is -2.10. The van der Waals surface area contributed by atoms with Gasteiger partial charge in [-0.25, -0.2) is 8.42 Å². The highest BCUT2D eigenvalue weighted by atomic mass is 79.9. The molecule has 0 unspecified atom stereocenters.